The lowest BCUT2D eigenvalue weighted by Gasteiger charge is -2.31. The van der Waals surface area contributed by atoms with Crippen LogP contribution in [0.3, 0.4) is 0 Å². The summed E-state index contributed by atoms with van der Waals surface area (Å²) >= 11 is 15.2. The molecule has 0 aromatic heterocycles. The molecule has 0 saturated carbocycles. The summed E-state index contributed by atoms with van der Waals surface area (Å²) < 4.78 is 0. The minimum absolute atomic E-state index is 0.0751. The van der Waals surface area contributed by atoms with Crippen LogP contribution in [0.2, 0.25) is 10.0 Å². The number of amides is 2. The maximum absolute atomic E-state index is 12.9. The van der Waals surface area contributed by atoms with Crippen molar-refractivity contribution in [1.29, 1.82) is 0 Å². The number of hydrazone groups is 1. The first-order valence-electron chi connectivity index (χ1n) is 9.92. The first-order chi connectivity index (χ1) is 16.0. The van der Waals surface area contributed by atoms with Crippen LogP contribution in [0.25, 0.3) is 0 Å². The molecule has 0 unspecified atom stereocenters. The van der Waals surface area contributed by atoms with Crippen LogP contribution in [0.5, 0.6) is 0 Å². The highest BCUT2D eigenvalue weighted by Gasteiger charge is 2.32. The molecular weight excluding hydrogens is 499 g/mol. The van der Waals surface area contributed by atoms with Gasteiger partial charge in [-0.05, 0) is 42.5 Å². The third-order valence-corrected chi connectivity index (χ3v) is 7.62. The van der Waals surface area contributed by atoms with Crippen LogP contribution in [-0.2, 0) is 9.59 Å². The molecule has 0 radical (unpaired) electrons. The number of hydrogen-bond donors (Lipinski definition) is 1. The topological polar surface area (TPSA) is 65.0 Å². The van der Waals surface area contributed by atoms with Crippen molar-refractivity contribution >= 4 is 80.8 Å². The molecule has 3 aromatic rings. The Morgan fingerprint density at radius 3 is 2.30 bits per heavy atom. The number of carbonyl (C=O) groups excluding carboxylic acids is 2. The van der Waals surface area contributed by atoms with Crippen LogP contribution in [0.15, 0.2) is 81.6 Å². The first kappa shape index (κ1) is 22.2. The van der Waals surface area contributed by atoms with Crippen LogP contribution in [-0.4, -0.2) is 29.3 Å². The van der Waals surface area contributed by atoms with E-state index in [-0.39, 0.29) is 24.1 Å². The fraction of sp³-hybridized carbons (Fsp3) is 0.0870. The van der Waals surface area contributed by atoms with Gasteiger partial charge in [0.05, 0.1) is 27.8 Å². The lowest BCUT2D eigenvalue weighted by atomic mass is 10.2. The number of halogens is 2. The van der Waals surface area contributed by atoms with Crippen LogP contribution in [0.4, 0.5) is 17.1 Å². The number of amidine groups is 1. The summed E-state index contributed by atoms with van der Waals surface area (Å²) in [4.78, 5) is 30.9. The van der Waals surface area contributed by atoms with Crippen molar-refractivity contribution in [2.45, 2.75) is 9.79 Å². The van der Waals surface area contributed by atoms with E-state index in [0.717, 1.165) is 21.2 Å². The van der Waals surface area contributed by atoms with Gasteiger partial charge in [-0.2, -0.15) is 0 Å². The van der Waals surface area contributed by atoms with Crippen LogP contribution in [0, 0.1) is 0 Å². The van der Waals surface area contributed by atoms with Gasteiger partial charge < -0.3 is 4.90 Å². The molecule has 0 atom stereocenters. The van der Waals surface area contributed by atoms with Gasteiger partial charge in [-0.15, -0.1) is 5.10 Å². The van der Waals surface area contributed by atoms with E-state index in [1.807, 2.05) is 53.4 Å². The lowest BCUT2D eigenvalue weighted by Crippen LogP contribution is -2.36. The molecule has 6 nitrogen and oxygen atoms in total. The fourth-order valence-corrected chi connectivity index (χ4v) is 5.99. The maximum Gasteiger partial charge on any atom is 0.260 e. The summed E-state index contributed by atoms with van der Waals surface area (Å²) in [7, 11) is 0. The van der Waals surface area contributed by atoms with Gasteiger partial charge in [0.1, 0.15) is 6.54 Å². The highest BCUT2D eigenvalue weighted by Crippen LogP contribution is 2.47. The number of carbonyl (C=O) groups is 2. The van der Waals surface area contributed by atoms with E-state index in [2.05, 4.69) is 10.5 Å². The number of nitrogens with one attached hydrogen (secondary N) is 1. The van der Waals surface area contributed by atoms with E-state index in [0.29, 0.717) is 20.9 Å². The van der Waals surface area contributed by atoms with E-state index >= 15 is 0 Å². The molecule has 1 N–H and O–H groups in total. The van der Waals surface area contributed by atoms with Crippen LogP contribution >= 0.6 is 46.7 Å². The van der Waals surface area contributed by atoms with Crippen molar-refractivity contribution in [3.05, 3.63) is 76.8 Å². The van der Waals surface area contributed by atoms with E-state index in [1.54, 1.807) is 30.0 Å². The molecule has 3 aromatic carbocycles. The zero-order valence-corrected chi connectivity index (χ0v) is 20.1. The average Bonchev–Trinajstić information content (AvgIpc) is 3.17. The van der Waals surface area contributed by atoms with Crippen molar-refractivity contribution in [3.8, 4) is 0 Å². The van der Waals surface area contributed by atoms with Gasteiger partial charge >= 0.3 is 0 Å². The summed E-state index contributed by atoms with van der Waals surface area (Å²) in [6.07, 6.45) is 0. The van der Waals surface area contributed by atoms with Gasteiger partial charge in [0, 0.05) is 14.8 Å². The van der Waals surface area contributed by atoms with Gasteiger partial charge in [-0.25, -0.2) is 5.43 Å². The Hall–Kier alpha value is -2.65. The highest BCUT2D eigenvalue weighted by molar-refractivity contribution is 8.15. The third-order valence-electron chi connectivity index (χ3n) is 5.03. The monoisotopic (exact) mass is 514 g/mol. The molecule has 0 aliphatic carbocycles. The Morgan fingerprint density at radius 1 is 0.970 bits per heavy atom. The Bertz CT molecular complexity index is 1260. The second kappa shape index (κ2) is 9.30. The molecule has 2 aliphatic heterocycles. The number of rotatable bonds is 4. The molecule has 10 heteroatoms. The molecule has 0 spiro atoms. The van der Waals surface area contributed by atoms with Gasteiger partial charge in [-0.1, -0.05) is 71.0 Å². The van der Waals surface area contributed by atoms with E-state index in [4.69, 9.17) is 23.2 Å². The molecule has 166 valence electrons. The second-order valence-corrected chi connectivity index (χ2v) is 10.0. The summed E-state index contributed by atoms with van der Waals surface area (Å²) in [5, 5.41) is 5.39. The zero-order valence-electron chi connectivity index (χ0n) is 17.0. The van der Waals surface area contributed by atoms with Crippen molar-refractivity contribution in [2.24, 2.45) is 5.10 Å². The van der Waals surface area contributed by atoms with Gasteiger partial charge in [0.25, 0.3) is 5.91 Å². The number of hydrogen-bond acceptors (Lipinski definition) is 6. The molecule has 1 saturated heterocycles. The van der Waals surface area contributed by atoms with E-state index < -0.39 is 0 Å². The predicted molar refractivity (Wildman–Crippen MR) is 136 cm³/mol. The lowest BCUT2D eigenvalue weighted by molar-refractivity contribution is -0.119. The molecule has 0 bridgehead atoms. The molecule has 5 rings (SSSR count). The number of para-hydroxylation sites is 2. The first-order valence-corrected chi connectivity index (χ1v) is 12.5. The smallest absolute Gasteiger partial charge is 0.260 e. The Morgan fingerprint density at radius 2 is 1.64 bits per heavy atom. The fourth-order valence-electron chi connectivity index (χ4n) is 3.58. The van der Waals surface area contributed by atoms with Crippen LogP contribution in [0.1, 0.15) is 0 Å². The molecule has 1 fully saturated rings. The van der Waals surface area contributed by atoms with Crippen molar-refractivity contribution in [3.63, 3.8) is 0 Å². The number of thioether (sulfide) groups is 1. The second-order valence-electron chi connectivity index (χ2n) is 7.17. The predicted octanol–water partition coefficient (Wildman–Crippen LogP) is 5.76. The summed E-state index contributed by atoms with van der Waals surface area (Å²) in [6, 6.07) is 20.8. The highest BCUT2D eigenvalue weighted by atomic mass is 35.5. The average molecular weight is 515 g/mol. The SMILES string of the molecule is O=C(CN1c2ccccc2Sc2ccccc21)N/N=C1/SCC(=O)N1c1ccc(Cl)cc1Cl. The quantitative estimate of drug-likeness (QED) is 0.448. The molecule has 2 amide bonds. The Labute approximate surface area is 208 Å². The van der Waals surface area contributed by atoms with E-state index in [1.165, 1.54) is 16.7 Å². The number of benzene rings is 3. The largest absolute Gasteiger partial charge is 0.330 e. The van der Waals surface area contributed by atoms with Gasteiger partial charge in [0.15, 0.2) is 5.17 Å². The normalized spacial score (nSPS) is 16.1. The zero-order chi connectivity index (χ0) is 22.9. The third kappa shape index (κ3) is 4.44. The molecule has 2 aliphatic rings. The maximum atomic E-state index is 12.9. The number of anilines is 3. The summed E-state index contributed by atoms with van der Waals surface area (Å²) in [5.41, 5.74) is 5.00. The van der Waals surface area contributed by atoms with Crippen molar-refractivity contribution in [2.75, 3.05) is 22.1 Å². The molecule has 33 heavy (non-hydrogen) atoms. The number of fused-ring (bicyclic) bond motifs is 2. The Balaban J connectivity index is 1.37. The van der Waals surface area contributed by atoms with E-state index in [9.17, 15) is 9.59 Å². The summed E-state index contributed by atoms with van der Waals surface area (Å²) in [5.74, 6) is -0.271. The number of nitrogens with zero attached hydrogens (tertiary/aromatic N) is 3. The Kier molecular flexibility index (Phi) is 6.25. The van der Waals surface area contributed by atoms with Gasteiger partial charge in [-0.3, -0.25) is 14.5 Å². The van der Waals surface area contributed by atoms with Crippen molar-refractivity contribution < 1.29 is 9.59 Å². The minimum atomic E-state index is -0.305. The standard InChI is InChI=1S/C23H16Cl2N4O2S2/c24-14-9-10-16(15(25)11-14)29-22(31)13-32-23(29)27-26-21(30)12-28-17-5-1-3-7-19(17)33-20-8-4-2-6-18(20)28/h1-11H,12-13H2,(H,26,30)/b27-23+. The van der Waals surface area contributed by atoms with Crippen LogP contribution < -0.4 is 15.2 Å². The summed E-state index contributed by atoms with van der Waals surface area (Å²) in [6.45, 7) is 0.0751. The van der Waals surface area contributed by atoms with Crippen molar-refractivity contribution in [1.82, 2.24) is 5.43 Å². The minimum Gasteiger partial charge on any atom is -0.330 e. The molecular formula is C23H16Cl2N4O2S2. The molecule has 2 heterocycles. The van der Waals surface area contributed by atoms with Gasteiger partial charge in [0.2, 0.25) is 5.91 Å².